The molecule has 0 saturated carbocycles. The second kappa shape index (κ2) is 5.52. The van der Waals surface area contributed by atoms with Gasteiger partial charge in [-0.3, -0.25) is 4.98 Å². The molecule has 1 saturated heterocycles. The maximum atomic E-state index is 4.03. The SMILES string of the molecule is CC(NCC1CCSC1)c1ccncc1. The molecule has 0 spiro atoms. The Hall–Kier alpha value is -0.540. The third-order valence-electron chi connectivity index (χ3n) is 2.94. The van der Waals surface area contributed by atoms with E-state index in [0.717, 1.165) is 12.5 Å². The van der Waals surface area contributed by atoms with Gasteiger partial charge in [0.2, 0.25) is 0 Å². The summed E-state index contributed by atoms with van der Waals surface area (Å²) in [6.07, 6.45) is 5.10. The van der Waals surface area contributed by atoms with Crippen LogP contribution in [0, 0.1) is 5.92 Å². The molecule has 3 heteroatoms. The van der Waals surface area contributed by atoms with Crippen LogP contribution in [0.25, 0.3) is 0 Å². The van der Waals surface area contributed by atoms with Crippen LogP contribution >= 0.6 is 11.8 Å². The first-order chi connectivity index (χ1) is 7.36. The zero-order valence-electron chi connectivity index (χ0n) is 9.15. The Kier molecular flexibility index (Phi) is 4.03. The highest BCUT2D eigenvalue weighted by molar-refractivity contribution is 7.99. The lowest BCUT2D eigenvalue weighted by Gasteiger charge is -2.16. The van der Waals surface area contributed by atoms with E-state index in [2.05, 4.69) is 41.1 Å². The number of pyridine rings is 1. The Labute approximate surface area is 95.9 Å². The second-order valence-corrected chi connectivity index (χ2v) is 5.29. The summed E-state index contributed by atoms with van der Waals surface area (Å²) in [6, 6.07) is 4.61. The number of nitrogens with zero attached hydrogens (tertiary/aromatic N) is 1. The van der Waals surface area contributed by atoms with Gasteiger partial charge in [0.25, 0.3) is 0 Å². The van der Waals surface area contributed by atoms with Crippen molar-refractivity contribution in [3.8, 4) is 0 Å². The van der Waals surface area contributed by atoms with Crippen LogP contribution in [0.1, 0.15) is 24.9 Å². The van der Waals surface area contributed by atoms with Crippen LogP contribution in [-0.2, 0) is 0 Å². The lowest BCUT2D eigenvalue weighted by Crippen LogP contribution is -2.25. The minimum absolute atomic E-state index is 0.443. The first kappa shape index (κ1) is 11.0. The predicted octanol–water partition coefficient (Wildman–Crippen LogP) is 2.49. The van der Waals surface area contributed by atoms with Gasteiger partial charge in [-0.15, -0.1) is 0 Å². The predicted molar refractivity (Wildman–Crippen MR) is 66.1 cm³/mol. The zero-order chi connectivity index (χ0) is 10.5. The number of rotatable bonds is 4. The molecule has 0 amide bonds. The molecule has 0 radical (unpaired) electrons. The van der Waals surface area contributed by atoms with Crippen molar-refractivity contribution in [2.45, 2.75) is 19.4 Å². The highest BCUT2D eigenvalue weighted by Crippen LogP contribution is 2.23. The fourth-order valence-electron chi connectivity index (χ4n) is 1.86. The summed E-state index contributed by atoms with van der Waals surface area (Å²) >= 11 is 2.08. The molecule has 1 N–H and O–H groups in total. The quantitative estimate of drug-likeness (QED) is 0.847. The van der Waals surface area contributed by atoms with E-state index in [4.69, 9.17) is 0 Å². The van der Waals surface area contributed by atoms with Gasteiger partial charge in [-0.2, -0.15) is 11.8 Å². The highest BCUT2D eigenvalue weighted by atomic mass is 32.2. The minimum Gasteiger partial charge on any atom is -0.310 e. The maximum Gasteiger partial charge on any atom is 0.0293 e. The molecule has 2 atom stereocenters. The molecule has 1 aliphatic rings. The standard InChI is InChI=1S/C12H18N2S/c1-10(12-2-5-13-6-3-12)14-8-11-4-7-15-9-11/h2-3,5-6,10-11,14H,4,7-9H2,1H3. The molecule has 2 nitrogen and oxygen atoms in total. The van der Waals surface area contributed by atoms with Crippen LogP contribution in [0.3, 0.4) is 0 Å². The summed E-state index contributed by atoms with van der Waals surface area (Å²) in [4.78, 5) is 4.03. The number of hydrogen-bond acceptors (Lipinski definition) is 3. The van der Waals surface area contributed by atoms with Gasteiger partial charge in [0.1, 0.15) is 0 Å². The van der Waals surface area contributed by atoms with Gasteiger partial charge in [-0.25, -0.2) is 0 Å². The first-order valence-corrected chi connectivity index (χ1v) is 6.73. The molecular formula is C12H18N2S. The Morgan fingerprint density at radius 2 is 2.33 bits per heavy atom. The number of thioether (sulfide) groups is 1. The van der Waals surface area contributed by atoms with E-state index in [9.17, 15) is 0 Å². The van der Waals surface area contributed by atoms with Crippen molar-refractivity contribution in [1.82, 2.24) is 10.3 Å². The fraction of sp³-hybridized carbons (Fsp3) is 0.583. The lowest BCUT2D eigenvalue weighted by atomic mass is 10.1. The van der Waals surface area contributed by atoms with Crippen molar-refractivity contribution < 1.29 is 0 Å². The summed E-state index contributed by atoms with van der Waals surface area (Å²) in [7, 11) is 0. The van der Waals surface area contributed by atoms with Crippen LogP contribution in [0.2, 0.25) is 0 Å². The fourth-order valence-corrected chi connectivity index (χ4v) is 3.14. The molecular weight excluding hydrogens is 204 g/mol. The van der Waals surface area contributed by atoms with Crippen LogP contribution in [0.15, 0.2) is 24.5 Å². The third-order valence-corrected chi connectivity index (χ3v) is 4.17. The third kappa shape index (κ3) is 3.21. The van der Waals surface area contributed by atoms with Gasteiger partial charge in [0, 0.05) is 18.4 Å². The van der Waals surface area contributed by atoms with E-state index in [1.807, 2.05) is 12.4 Å². The summed E-state index contributed by atoms with van der Waals surface area (Å²) in [5.74, 6) is 3.55. The van der Waals surface area contributed by atoms with Crippen molar-refractivity contribution in [3.05, 3.63) is 30.1 Å². The molecule has 0 bridgehead atoms. The van der Waals surface area contributed by atoms with Gasteiger partial charge in [-0.05, 0) is 55.0 Å². The normalized spacial score (nSPS) is 22.9. The van der Waals surface area contributed by atoms with E-state index in [0.29, 0.717) is 6.04 Å². The van der Waals surface area contributed by atoms with Gasteiger partial charge < -0.3 is 5.32 Å². The Morgan fingerprint density at radius 1 is 1.53 bits per heavy atom. The molecule has 2 heterocycles. The Bertz CT molecular complexity index is 283. The van der Waals surface area contributed by atoms with Crippen LogP contribution in [-0.4, -0.2) is 23.0 Å². The molecule has 0 aliphatic carbocycles. The molecule has 1 aromatic heterocycles. The smallest absolute Gasteiger partial charge is 0.0293 e. The zero-order valence-corrected chi connectivity index (χ0v) is 9.96. The van der Waals surface area contributed by atoms with E-state index in [1.54, 1.807) is 0 Å². The minimum atomic E-state index is 0.443. The topological polar surface area (TPSA) is 24.9 Å². The monoisotopic (exact) mass is 222 g/mol. The van der Waals surface area contributed by atoms with Crippen molar-refractivity contribution in [2.75, 3.05) is 18.1 Å². The molecule has 2 rings (SSSR count). The van der Waals surface area contributed by atoms with E-state index in [-0.39, 0.29) is 0 Å². The number of nitrogens with one attached hydrogen (secondary N) is 1. The molecule has 1 fully saturated rings. The average Bonchev–Trinajstić information content (AvgIpc) is 2.80. The Balaban J connectivity index is 1.79. The largest absolute Gasteiger partial charge is 0.310 e. The van der Waals surface area contributed by atoms with Crippen LogP contribution < -0.4 is 5.32 Å². The summed E-state index contributed by atoms with van der Waals surface area (Å²) in [6.45, 7) is 3.37. The van der Waals surface area contributed by atoms with E-state index < -0.39 is 0 Å². The molecule has 0 aromatic carbocycles. The first-order valence-electron chi connectivity index (χ1n) is 5.57. The number of hydrogen-bond donors (Lipinski definition) is 1. The molecule has 1 aliphatic heterocycles. The molecule has 15 heavy (non-hydrogen) atoms. The van der Waals surface area contributed by atoms with Crippen LogP contribution in [0.4, 0.5) is 0 Å². The molecule has 82 valence electrons. The van der Waals surface area contributed by atoms with Crippen molar-refractivity contribution in [2.24, 2.45) is 5.92 Å². The summed E-state index contributed by atoms with van der Waals surface area (Å²) < 4.78 is 0. The van der Waals surface area contributed by atoms with Crippen molar-refractivity contribution in [1.29, 1.82) is 0 Å². The van der Waals surface area contributed by atoms with Gasteiger partial charge in [-0.1, -0.05) is 0 Å². The number of aromatic nitrogens is 1. The van der Waals surface area contributed by atoms with E-state index >= 15 is 0 Å². The van der Waals surface area contributed by atoms with Crippen molar-refractivity contribution in [3.63, 3.8) is 0 Å². The van der Waals surface area contributed by atoms with Gasteiger partial charge in [0.05, 0.1) is 0 Å². The summed E-state index contributed by atoms with van der Waals surface area (Å²) in [5.41, 5.74) is 1.33. The molecule has 1 aromatic rings. The van der Waals surface area contributed by atoms with Gasteiger partial charge in [0.15, 0.2) is 0 Å². The second-order valence-electron chi connectivity index (χ2n) is 4.14. The molecule has 2 unspecified atom stereocenters. The summed E-state index contributed by atoms with van der Waals surface area (Å²) in [5, 5.41) is 3.60. The lowest BCUT2D eigenvalue weighted by molar-refractivity contribution is 0.477. The van der Waals surface area contributed by atoms with E-state index in [1.165, 1.54) is 23.5 Å². The van der Waals surface area contributed by atoms with Crippen LogP contribution in [0.5, 0.6) is 0 Å². The highest BCUT2D eigenvalue weighted by Gasteiger charge is 2.16. The maximum absolute atomic E-state index is 4.03. The van der Waals surface area contributed by atoms with Crippen molar-refractivity contribution >= 4 is 11.8 Å². The average molecular weight is 222 g/mol. The Morgan fingerprint density at radius 3 is 3.00 bits per heavy atom. The van der Waals surface area contributed by atoms with Gasteiger partial charge >= 0.3 is 0 Å².